The minimum Gasteiger partial charge on any atom is -0.367 e. The van der Waals surface area contributed by atoms with Crippen molar-refractivity contribution in [3.8, 4) is 10.6 Å². The lowest BCUT2D eigenvalue weighted by molar-refractivity contribution is -0.130. The molecule has 2 saturated heterocycles. The van der Waals surface area contributed by atoms with Crippen molar-refractivity contribution in [3.05, 3.63) is 40.4 Å². The van der Waals surface area contributed by atoms with E-state index in [9.17, 15) is 19.2 Å². The molecule has 3 fully saturated rings. The fourth-order valence-corrected chi connectivity index (χ4v) is 5.46. The fourth-order valence-electron chi connectivity index (χ4n) is 4.53. The van der Waals surface area contributed by atoms with Gasteiger partial charge in [-0.2, -0.15) is 9.61 Å². The molecule has 0 aromatic carbocycles. The Hall–Kier alpha value is -4.06. The van der Waals surface area contributed by atoms with E-state index in [0.29, 0.717) is 59.6 Å². The van der Waals surface area contributed by atoms with Crippen molar-refractivity contribution in [2.75, 3.05) is 31.5 Å². The van der Waals surface area contributed by atoms with E-state index < -0.39 is 5.91 Å². The quantitative estimate of drug-likeness (QED) is 0.388. The van der Waals surface area contributed by atoms with E-state index in [1.807, 2.05) is 18.2 Å². The Kier molecular flexibility index (Phi) is 5.75. The molecule has 1 saturated carbocycles. The molecule has 1 aliphatic carbocycles. The van der Waals surface area contributed by atoms with Crippen molar-refractivity contribution in [3.63, 3.8) is 0 Å². The number of piperazine rings is 1. The number of carbonyl (C=O) groups is 4. The van der Waals surface area contributed by atoms with Gasteiger partial charge >= 0.3 is 0 Å². The second kappa shape index (κ2) is 9.11. The summed E-state index contributed by atoms with van der Waals surface area (Å²) in [6.07, 6.45) is 5.48. The first-order valence-corrected chi connectivity index (χ1v) is 13.0. The smallest absolute Gasteiger partial charge is 0.264 e. The van der Waals surface area contributed by atoms with Crippen LogP contribution in [0, 0.1) is 0 Å². The minimum absolute atomic E-state index is 0.0256. The molecule has 0 spiro atoms. The van der Waals surface area contributed by atoms with Gasteiger partial charge in [0, 0.05) is 56.3 Å². The van der Waals surface area contributed by atoms with Crippen LogP contribution in [0.5, 0.6) is 0 Å². The molecule has 12 heteroatoms. The molecule has 4 amide bonds. The normalized spacial score (nSPS) is 19.1. The number of fused-ring (bicyclic) bond motifs is 1. The van der Waals surface area contributed by atoms with Crippen LogP contribution in [0.15, 0.2) is 30.0 Å². The van der Waals surface area contributed by atoms with Gasteiger partial charge < -0.3 is 15.1 Å². The average molecular weight is 520 g/mol. The maximum absolute atomic E-state index is 13.1. The van der Waals surface area contributed by atoms with Gasteiger partial charge in [-0.1, -0.05) is 0 Å². The predicted molar refractivity (Wildman–Crippen MR) is 137 cm³/mol. The molecular weight excluding hydrogens is 494 g/mol. The first-order chi connectivity index (χ1) is 17.9. The van der Waals surface area contributed by atoms with Crippen molar-refractivity contribution in [1.29, 1.82) is 0 Å². The molecule has 3 aromatic rings. The van der Waals surface area contributed by atoms with Gasteiger partial charge in [0.2, 0.25) is 11.8 Å². The SMILES string of the molecule is CC(=O)N1CCN(C(=O)c2ccc(-c3cc(NC4CC4)n4ncc(/C=C5\CC(=O)NC5=O)c4n3)s2)CC1. The van der Waals surface area contributed by atoms with Crippen LogP contribution < -0.4 is 10.6 Å². The molecule has 37 heavy (non-hydrogen) atoms. The number of nitrogens with zero attached hydrogens (tertiary/aromatic N) is 5. The summed E-state index contributed by atoms with van der Waals surface area (Å²) < 4.78 is 1.71. The van der Waals surface area contributed by atoms with Crippen LogP contribution >= 0.6 is 11.3 Å². The second-order valence-electron chi connectivity index (χ2n) is 9.47. The summed E-state index contributed by atoms with van der Waals surface area (Å²) in [5, 5.41) is 10.3. The molecule has 6 rings (SSSR count). The van der Waals surface area contributed by atoms with E-state index in [4.69, 9.17) is 4.98 Å². The first kappa shape index (κ1) is 23.3. The van der Waals surface area contributed by atoms with Gasteiger partial charge in [0.1, 0.15) is 5.82 Å². The van der Waals surface area contributed by atoms with Gasteiger partial charge in [0.25, 0.3) is 11.8 Å². The number of nitrogens with one attached hydrogen (secondary N) is 2. The number of hydrogen-bond acceptors (Lipinski definition) is 8. The van der Waals surface area contributed by atoms with Crippen molar-refractivity contribution in [2.45, 2.75) is 32.2 Å². The lowest BCUT2D eigenvalue weighted by atomic mass is 10.1. The van der Waals surface area contributed by atoms with E-state index in [1.165, 1.54) is 11.3 Å². The highest BCUT2D eigenvalue weighted by Crippen LogP contribution is 2.33. The van der Waals surface area contributed by atoms with Gasteiger partial charge in [0.05, 0.1) is 28.1 Å². The minimum atomic E-state index is -0.401. The van der Waals surface area contributed by atoms with Crippen LogP contribution in [0.3, 0.4) is 0 Å². The van der Waals surface area contributed by atoms with E-state index in [2.05, 4.69) is 15.7 Å². The number of aromatic nitrogens is 3. The van der Waals surface area contributed by atoms with Crippen LogP contribution in [0.2, 0.25) is 0 Å². The van der Waals surface area contributed by atoms with Gasteiger partial charge in [0.15, 0.2) is 5.65 Å². The summed E-state index contributed by atoms with van der Waals surface area (Å²) in [5.74, 6) is 0.0280. The molecule has 0 atom stereocenters. The number of carbonyl (C=O) groups excluding carboxylic acids is 4. The summed E-state index contributed by atoms with van der Waals surface area (Å²) in [5.41, 5.74) is 2.25. The Morgan fingerprint density at radius 3 is 2.57 bits per heavy atom. The highest BCUT2D eigenvalue weighted by atomic mass is 32.1. The molecule has 2 aliphatic heterocycles. The molecular formula is C25H25N7O4S. The highest BCUT2D eigenvalue weighted by Gasteiger charge is 2.27. The standard InChI is InChI=1S/C25H25N7O4S/c1-14(33)30-6-8-31(9-7-30)25(36)20-5-4-19(37-20)18-12-21(27-17-2-3-17)32-23(28-18)16(13-26-32)10-15-11-22(34)29-24(15)35/h4-5,10,12-13,17,27H,2-3,6-9,11H2,1H3,(H,29,34,35)/b15-10+. The fraction of sp³-hybridized carbons (Fsp3) is 0.360. The Bertz CT molecular complexity index is 1480. The molecule has 3 aromatic heterocycles. The number of anilines is 1. The molecule has 5 heterocycles. The number of amides is 4. The van der Waals surface area contributed by atoms with Crippen molar-refractivity contribution in [2.24, 2.45) is 0 Å². The maximum Gasteiger partial charge on any atom is 0.264 e. The monoisotopic (exact) mass is 519 g/mol. The van der Waals surface area contributed by atoms with Crippen LogP contribution in [-0.2, 0) is 14.4 Å². The Morgan fingerprint density at radius 2 is 1.89 bits per heavy atom. The molecule has 2 N–H and O–H groups in total. The van der Waals surface area contributed by atoms with E-state index in [1.54, 1.807) is 33.5 Å². The summed E-state index contributed by atoms with van der Waals surface area (Å²) in [4.78, 5) is 58.3. The number of thiophene rings is 1. The second-order valence-corrected chi connectivity index (χ2v) is 10.6. The Morgan fingerprint density at radius 1 is 1.14 bits per heavy atom. The van der Waals surface area contributed by atoms with E-state index >= 15 is 0 Å². The number of rotatable bonds is 5. The van der Waals surface area contributed by atoms with Crippen LogP contribution in [0.4, 0.5) is 5.82 Å². The molecule has 0 unspecified atom stereocenters. The van der Waals surface area contributed by atoms with Gasteiger partial charge in [-0.15, -0.1) is 11.3 Å². The number of hydrogen-bond donors (Lipinski definition) is 2. The molecule has 3 aliphatic rings. The molecule has 0 bridgehead atoms. The van der Waals surface area contributed by atoms with E-state index in [0.717, 1.165) is 23.5 Å². The zero-order valence-corrected chi connectivity index (χ0v) is 21.0. The summed E-state index contributed by atoms with van der Waals surface area (Å²) in [6, 6.07) is 6.00. The van der Waals surface area contributed by atoms with Crippen LogP contribution in [0.25, 0.3) is 22.3 Å². The third kappa shape index (κ3) is 4.59. The third-order valence-electron chi connectivity index (χ3n) is 6.74. The molecule has 190 valence electrons. The maximum atomic E-state index is 13.1. The van der Waals surface area contributed by atoms with Gasteiger partial charge in [-0.05, 0) is 31.1 Å². The lowest BCUT2D eigenvalue weighted by Crippen LogP contribution is -2.49. The lowest BCUT2D eigenvalue weighted by Gasteiger charge is -2.33. The zero-order chi connectivity index (χ0) is 25.7. The summed E-state index contributed by atoms with van der Waals surface area (Å²) >= 11 is 1.37. The first-order valence-electron chi connectivity index (χ1n) is 12.2. The van der Waals surface area contributed by atoms with E-state index in [-0.39, 0.29) is 24.1 Å². The topological polar surface area (TPSA) is 129 Å². The predicted octanol–water partition coefficient (Wildman–Crippen LogP) is 1.77. The molecule has 11 nitrogen and oxygen atoms in total. The number of imide groups is 1. The zero-order valence-electron chi connectivity index (χ0n) is 20.2. The van der Waals surface area contributed by atoms with Gasteiger partial charge in [-0.3, -0.25) is 24.5 Å². The van der Waals surface area contributed by atoms with Gasteiger partial charge in [-0.25, -0.2) is 4.98 Å². The highest BCUT2D eigenvalue weighted by molar-refractivity contribution is 7.17. The third-order valence-corrected chi connectivity index (χ3v) is 7.83. The largest absolute Gasteiger partial charge is 0.367 e. The summed E-state index contributed by atoms with van der Waals surface area (Å²) in [6.45, 7) is 3.64. The van der Waals surface area contributed by atoms with Crippen molar-refractivity contribution in [1.82, 2.24) is 29.7 Å². The summed E-state index contributed by atoms with van der Waals surface area (Å²) in [7, 11) is 0. The Balaban J connectivity index is 1.31. The van der Waals surface area contributed by atoms with Crippen LogP contribution in [0.1, 0.15) is 41.4 Å². The van der Waals surface area contributed by atoms with Crippen molar-refractivity contribution >= 4 is 52.5 Å². The Labute approximate surface area is 216 Å². The molecule has 0 radical (unpaired) electrons. The average Bonchev–Trinajstić information content (AvgIpc) is 3.25. The van der Waals surface area contributed by atoms with Crippen molar-refractivity contribution < 1.29 is 19.2 Å². The van der Waals surface area contributed by atoms with Crippen LogP contribution in [-0.4, -0.2) is 80.2 Å².